The zero-order valence-corrected chi connectivity index (χ0v) is 33.1. The summed E-state index contributed by atoms with van der Waals surface area (Å²) < 4.78 is 0. The van der Waals surface area contributed by atoms with E-state index in [1.54, 1.807) is 0 Å². The zero-order chi connectivity index (χ0) is 33.0. The molecule has 0 aliphatic carbocycles. The first-order valence-electron chi connectivity index (χ1n) is 17.0. The molecule has 8 aromatic carbocycles. The first-order valence-corrected chi connectivity index (χ1v) is 17.0. The van der Waals surface area contributed by atoms with Crippen molar-refractivity contribution in [3.8, 4) is 0 Å². The van der Waals surface area contributed by atoms with E-state index in [1.165, 1.54) is 66.8 Å². The Morgan fingerprint density at radius 2 is 0.627 bits per heavy atom. The van der Waals surface area contributed by atoms with Crippen LogP contribution in [0.5, 0.6) is 0 Å². The van der Waals surface area contributed by atoms with E-state index in [0.717, 1.165) is 12.8 Å². The fourth-order valence-corrected chi connectivity index (χ4v) is 6.17. The first kappa shape index (κ1) is 41.2. The fraction of sp³-hybridized carbons (Fsp3) is 0.0833. The van der Waals surface area contributed by atoms with E-state index >= 15 is 0 Å². The summed E-state index contributed by atoms with van der Waals surface area (Å²) in [7, 11) is 0. The summed E-state index contributed by atoms with van der Waals surface area (Å²) >= 11 is 0. The van der Waals surface area contributed by atoms with Crippen molar-refractivity contribution in [2.24, 2.45) is 0 Å². The van der Waals surface area contributed by atoms with Crippen LogP contribution >= 0.6 is 0 Å². The topological polar surface area (TPSA) is 0 Å². The zero-order valence-electron chi connectivity index (χ0n) is 29.1. The molecule has 0 atom stereocenters. The molecule has 0 saturated carbocycles. The molecule has 0 fully saturated rings. The third-order valence-corrected chi connectivity index (χ3v) is 8.67. The molecule has 0 unspecified atom stereocenters. The molecule has 51 heavy (non-hydrogen) atoms. The van der Waals surface area contributed by atoms with Gasteiger partial charge in [-0.25, -0.2) is 0 Å². The van der Waals surface area contributed by atoms with E-state index in [-0.39, 0.29) is 51.0 Å². The van der Waals surface area contributed by atoms with Crippen LogP contribution in [0.25, 0.3) is 21.5 Å². The minimum Gasteiger partial charge on any atom is -1.00 e. The van der Waals surface area contributed by atoms with Gasteiger partial charge >= 0.3 is 26.2 Å². The summed E-state index contributed by atoms with van der Waals surface area (Å²) in [6, 6.07) is 68.6. The Morgan fingerprint density at radius 3 is 0.882 bits per heavy atom. The van der Waals surface area contributed by atoms with Crippen LogP contribution in [-0.2, 0) is 39.0 Å². The van der Waals surface area contributed by atoms with Gasteiger partial charge in [0.2, 0.25) is 0 Å². The van der Waals surface area contributed by atoms with Gasteiger partial charge in [0, 0.05) is 0 Å². The smallest absolute Gasteiger partial charge is 1.00 e. The van der Waals surface area contributed by atoms with Gasteiger partial charge in [0.05, 0.1) is 0 Å². The Bertz CT molecular complexity index is 1800. The Morgan fingerprint density at radius 1 is 0.373 bits per heavy atom. The van der Waals surface area contributed by atoms with Crippen LogP contribution in [0.4, 0.5) is 0 Å². The van der Waals surface area contributed by atoms with Crippen molar-refractivity contribution >= 4 is 21.5 Å². The minimum absolute atomic E-state index is 0. The third-order valence-electron chi connectivity index (χ3n) is 8.67. The van der Waals surface area contributed by atoms with E-state index in [1.807, 2.05) is 0 Å². The second-order valence-corrected chi connectivity index (χ2v) is 11.9. The van der Waals surface area contributed by atoms with Crippen molar-refractivity contribution in [1.29, 1.82) is 0 Å². The molecule has 8 rings (SSSR count). The fourth-order valence-electron chi connectivity index (χ4n) is 6.17. The van der Waals surface area contributed by atoms with E-state index in [2.05, 4.69) is 208 Å². The van der Waals surface area contributed by atoms with E-state index < -0.39 is 0 Å². The van der Waals surface area contributed by atoms with Crippen LogP contribution in [0.1, 0.15) is 47.2 Å². The standard InChI is InChI=1S/C26H20.2C11H11.2ClH.Zr/c1-5-13-21(14-6-1)25(22-15-7-2-8-16-22)26(23-17-9-3-10-18-23)24-19-11-4-12-20-24;2*1-2-9-7-10-5-3-4-6-11(10)8-9;;;/h1-20H;2*3-8H,2H2,1H3;2*1H;/q-2;2*-1;;;+2/p-2. The van der Waals surface area contributed by atoms with Crippen molar-refractivity contribution in [3.05, 3.63) is 239 Å². The van der Waals surface area contributed by atoms with Gasteiger partial charge in [-0.15, -0.1) is 164 Å². The summed E-state index contributed by atoms with van der Waals surface area (Å²) in [5, 5.41) is 5.46. The summed E-state index contributed by atoms with van der Waals surface area (Å²) in [6.45, 7) is 4.38. The molecule has 0 N–H and O–H groups in total. The van der Waals surface area contributed by atoms with Crippen LogP contribution in [0, 0.1) is 11.8 Å². The molecule has 256 valence electrons. The first-order chi connectivity index (χ1) is 23.7. The number of aryl methyl sites for hydroxylation is 2. The van der Waals surface area contributed by atoms with Gasteiger partial charge in [0.1, 0.15) is 0 Å². The van der Waals surface area contributed by atoms with Crippen LogP contribution in [0.15, 0.2) is 194 Å². The average molecular weight is 781 g/mol. The molecule has 3 heteroatoms. The van der Waals surface area contributed by atoms with Gasteiger partial charge in [-0.1, -0.05) is 98.8 Å². The Labute approximate surface area is 336 Å². The van der Waals surface area contributed by atoms with E-state index in [0.29, 0.717) is 0 Å². The average Bonchev–Trinajstić information content (AvgIpc) is 3.80. The third kappa shape index (κ3) is 10.9. The van der Waals surface area contributed by atoms with Gasteiger partial charge in [-0.3, -0.25) is 0 Å². The number of hydrogen-bond acceptors (Lipinski definition) is 0. The van der Waals surface area contributed by atoms with Crippen LogP contribution in [0.3, 0.4) is 0 Å². The minimum atomic E-state index is 0. The summed E-state index contributed by atoms with van der Waals surface area (Å²) in [5.74, 6) is 2.51. The molecular weight excluding hydrogens is 739 g/mol. The maximum absolute atomic E-state index is 2.26. The molecule has 0 heterocycles. The van der Waals surface area contributed by atoms with Crippen molar-refractivity contribution < 1.29 is 51.0 Å². The largest absolute Gasteiger partial charge is 2.00 e. The molecular formula is C48H42Cl2Zr-4. The van der Waals surface area contributed by atoms with Crippen LogP contribution in [0.2, 0.25) is 0 Å². The number of rotatable bonds is 7. The second-order valence-electron chi connectivity index (χ2n) is 11.9. The van der Waals surface area contributed by atoms with Crippen molar-refractivity contribution in [1.82, 2.24) is 0 Å². The molecule has 0 aliphatic heterocycles. The van der Waals surface area contributed by atoms with Crippen molar-refractivity contribution in [3.63, 3.8) is 0 Å². The van der Waals surface area contributed by atoms with Crippen LogP contribution < -0.4 is 24.8 Å². The Balaban J connectivity index is 0.000000233. The number of fused-ring (bicyclic) bond motifs is 2. The molecule has 0 aromatic heterocycles. The monoisotopic (exact) mass is 778 g/mol. The van der Waals surface area contributed by atoms with Crippen molar-refractivity contribution in [2.45, 2.75) is 26.7 Å². The Hall–Kier alpha value is -4.26. The summed E-state index contributed by atoms with van der Waals surface area (Å²) in [4.78, 5) is 0. The predicted molar refractivity (Wildman–Crippen MR) is 206 cm³/mol. The normalized spacial score (nSPS) is 9.84. The second kappa shape index (κ2) is 21.2. The SMILES string of the molecule is CCc1cc2ccccc2[cH-]1.CCc1cc2ccccc2[cH-]1.[Cl-].[Cl-].[Zr+2].c1ccc([C-](c2ccccc2)[C-](c2ccccc2)c2ccccc2)cc1. The molecule has 8 aromatic rings. The van der Waals surface area contributed by atoms with Crippen LogP contribution in [-0.4, -0.2) is 0 Å². The van der Waals surface area contributed by atoms with Gasteiger partial charge in [0.15, 0.2) is 0 Å². The van der Waals surface area contributed by atoms with Gasteiger partial charge < -0.3 is 24.8 Å². The summed E-state index contributed by atoms with van der Waals surface area (Å²) in [6.07, 6.45) is 2.27. The molecule has 0 radical (unpaired) electrons. The molecule has 0 saturated heterocycles. The molecule has 0 spiro atoms. The van der Waals surface area contributed by atoms with E-state index in [9.17, 15) is 0 Å². The molecule has 0 amide bonds. The maximum atomic E-state index is 2.26. The Kier molecular flexibility index (Phi) is 17.1. The number of benzene rings is 6. The van der Waals surface area contributed by atoms with Gasteiger partial charge in [-0.05, 0) is 12.8 Å². The van der Waals surface area contributed by atoms with Gasteiger partial charge in [0.25, 0.3) is 0 Å². The number of hydrogen-bond donors (Lipinski definition) is 0. The predicted octanol–water partition coefficient (Wildman–Crippen LogP) is 6.58. The van der Waals surface area contributed by atoms with E-state index in [4.69, 9.17) is 0 Å². The van der Waals surface area contributed by atoms with Crippen molar-refractivity contribution in [2.75, 3.05) is 0 Å². The molecule has 0 nitrogen and oxygen atoms in total. The quantitative estimate of drug-likeness (QED) is 0.161. The summed E-state index contributed by atoms with van der Waals surface area (Å²) in [5.41, 5.74) is 7.77. The van der Waals surface area contributed by atoms with Gasteiger partial charge in [-0.2, -0.15) is 12.1 Å². The molecule has 0 aliphatic rings. The number of halogens is 2. The maximum Gasteiger partial charge on any atom is 2.00 e. The molecule has 0 bridgehead atoms.